The summed E-state index contributed by atoms with van der Waals surface area (Å²) in [5, 5.41) is 9.15. The molecule has 1 aliphatic carbocycles. The predicted octanol–water partition coefficient (Wildman–Crippen LogP) is 3.25. The highest BCUT2D eigenvalue weighted by Gasteiger charge is 2.22. The van der Waals surface area contributed by atoms with Gasteiger partial charge in [-0.05, 0) is 38.8 Å². The third-order valence-corrected chi connectivity index (χ3v) is 3.84. The molecule has 0 saturated heterocycles. The van der Waals surface area contributed by atoms with Gasteiger partial charge in [0.15, 0.2) is 0 Å². The Kier molecular flexibility index (Phi) is 4.40. The fourth-order valence-corrected chi connectivity index (χ4v) is 2.92. The van der Waals surface area contributed by atoms with E-state index in [0.29, 0.717) is 11.6 Å². The fourth-order valence-electron chi connectivity index (χ4n) is 2.92. The first-order chi connectivity index (χ1) is 9.11. The molecule has 0 aliphatic heterocycles. The minimum absolute atomic E-state index is 0.330. The molecule has 1 aromatic heterocycles. The van der Waals surface area contributed by atoms with Crippen LogP contribution in [-0.2, 0) is 0 Å². The van der Waals surface area contributed by atoms with Crippen LogP contribution in [-0.4, -0.2) is 28.6 Å². The Morgan fingerprint density at radius 1 is 1.37 bits per heavy atom. The number of carboxylic acids is 1. The van der Waals surface area contributed by atoms with Gasteiger partial charge in [0.05, 0.1) is 5.56 Å². The van der Waals surface area contributed by atoms with Gasteiger partial charge >= 0.3 is 5.97 Å². The first-order valence-corrected chi connectivity index (χ1v) is 7.10. The van der Waals surface area contributed by atoms with Crippen molar-refractivity contribution in [1.82, 2.24) is 4.98 Å². The monoisotopic (exact) mass is 262 g/mol. The maximum atomic E-state index is 11.1. The van der Waals surface area contributed by atoms with E-state index in [1.165, 1.54) is 32.1 Å². The molecule has 0 unspecified atom stereocenters. The van der Waals surface area contributed by atoms with Gasteiger partial charge < -0.3 is 10.0 Å². The summed E-state index contributed by atoms with van der Waals surface area (Å²) in [7, 11) is 0. The summed E-state index contributed by atoms with van der Waals surface area (Å²) in [6.07, 6.45) is 6.21. The number of carbonyl (C=O) groups is 1. The largest absolute Gasteiger partial charge is 0.478 e. The van der Waals surface area contributed by atoms with Crippen LogP contribution in [0.25, 0.3) is 0 Å². The standard InChI is InChI=1S/C15H22N2O2/c1-3-17(13-7-5-4-6-8-13)14-10-12(15(18)19)9-11(2)16-14/h9-10,13H,3-8H2,1-2H3,(H,18,19). The molecule has 1 N–H and O–H groups in total. The molecule has 0 bridgehead atoms. The molecule has 19 heavy (non-hydrogen) atoms. The van der Waals surface area contributed by atoms with Crippen LogP contribution in [0.5, 0.6) is 0 Å². The third-order valence-electron chi connectivity index (χ3n) is 3.84. The van der Waals surface area contributed by atoms with Crippen molar-refractivity contribution in [1.29, 1.82) is 0 Å². The second kappa shape index (κ2) is 6.04. The molecule has 104 valence electrons. The highest BCUT2D eigenvalue weighted by Crippen LogP contribution is 2.26. The molecule has 4 heteroatoms. The highest BCUT2D eigenvalue weighted by molar-refractivity contribution is 5.88. The van der Waals surface area contributed by atoms with Crippen molar-refractivity contribution in [3.63, 3.8) is 0 Å². The number of hydrogen-bond acceptors (Lipinski definition) is 3. The SMILES string of the molecule is CCN(c1cc(C(=O)O)cc(C)n1)C1CCCCC1. The second-order valence-corrected chi connectivity index (χ2v) is 5.24. The summed E-state index contributed by atoms with van der Waals surface area (Å²) in [5.74, 6) is -0.0711. The number of aryl methyl sites for hydroxylation is 1. The molecule has 1 saturated carbocycles. The van der Waals surface area contributed by atoms with Gasteiger partial charge in [-0.2, -0.15) is 0 Å². The van der Waals surface area contributed by atoms with Gasteiger partial charge in [-0.15, -0.1) is 0 Å². The molecular weight excluding hydrogens is 240 g/mol. The van der Waals surface area contributed by atoms with Crippen molar-refractivity contribution in [2.45, 2.75) is 52.0 Å². The zero-order chi connectivity index (χ0) is 13.8. The summed E-state index contributed by atoms with van der Waals surface area (Å²) in [6.45, 7) is 4.84. The Bertz CT molecular complexity index is 453. The number of anilines is 1. The van der Waals surface area contributed by atoms with E-state index >= 15 is 0 Å². The van der Waals surface area contributed by atoms with Gasteiger partial charge in [-0.25, -0.2) is 9.78 Å². The number of carboxylic acid groups (broad SMARTS) is 1. The molecule has 4 nitrogen and oxygen atoms in total. The van der Waals surface area contributed by atoms with E-state index in [9.17, 15) is 4.79 Å². The summed E-state index contributed by atoms with van der Waals surface area (Å²) >= 11 is 0. The maximum Gasteiger partial charge on any atom is 0.335 e. The van der Waals surface area contributed by atoms with Gasteiger partial charge in [0, 0.05) is 18.3 Å². The number of aromatic carboxylic acids is 1. The van der Waals surface area contributed by atoms with Crippen LogP contribution in [0.1, 0.15) is 55.1 Å². The summed E-state index contributed by atoms with van der Waals surface area (Å²) in [4.78, 5) is 17.9. The average molecular weight is 262 g/mol. The van der Waals surface area contributed by atoms with Crippen LogP contribution < -0.4 is 4.90 Å². The average Bonchev–Trinajstić information content (AvgIpc) is 2.40. The number of aromatic nitrogens is 1. The molecule has 1 aliphatic rings. The van der Waals surface area contributed by atoms with Crippen LogP contribution in [0.3, 0.4) is 0 Å². The van der Waals surface area contributed by atoms with Crippen molar-refractivity contribution >= 4 is 11.8 Å². The first kappa shape index (κ1) is 13.8. The van der Waals surface area contributed by atoms with Gasteiger partial charge in [0.2, 0.25) is 0 Å². The molecule has 0 aromatic carbocycles. The van der Waals surface area contributed by atoms with E-state index in [0.717, 1.165) is 18.1 Å². The number of pyridine rings is 1. The van der Waals surface area contributed by atoms with Crippen molar-refractivity contribution < 1.29 is 9.90 Å². The van der Waals surface area contributed by atoms with Crippen LogP contribution >= 0.6 is 0 Å². The van der Waals surface area contributed by atoms with Crippen LogP contribution in [0.15, 0.2) is 12.1 Å². The first-order valence-electron chi connectivity index (χ1n) is 7.10. The lowest BCUT2D eigenvalue weighted by atomic mass is 9.94. The van der Waals surface area contributed by atoms with Gasteiger partial charge in [-0.3, -0.25) is 0 Å². The predicted molar refractivity (Wildman–Crippen MR) is 75.8 cm³/mol. The van der Waals surface area contributed by atoms with E-state index in [-0.39, 0.29) is 0 Å². The Labute approximate surface area is 114 Å². The summed E-state index contributed by atoms with van der Waals surface area (Å²) < 4.78 is 0. The number of rotatable bonds is 4. The van der Waals surface area contributed by atoms with Crippen molar-refractivity contribution in [3.8, 4) is 0 Å². The van der Waals surface area contributed by atoms with Gasteiger partial charge in [0.1, 0.15) is 5.82 Å². The Balaban J connectivity index is 2.28. The lowest BCUT2D eigenvalue weighted by molar-refractivity contribution is 0.0696. The zero-order valence-corrected chi connectivity index (χ0v) is 11.7. The van der Waals surface area contributed by atoms with E-state index < -0.39 is 5.97 Å². The molecule has 1 heterocycles. The van der Waals surface area contributed by atoms with Gasteiger partial charge in [0.25, 0.3) is 0 Å². The smallest absolute Gasteiger partial charge is 0.335 e. The van der Waals surface area contributed by atoms with Crippen molar-refractivity contribution in [2.75, 3.05) is 11.4 Å². The minimum Gasteiger partial charge on any atom is -0.478 e. The van der Waals surface area contributed by atoms with Crippen LogP contribution in [0.2, 0.25) is 0 Å². The quantitative estimate of drug-likeness (QED) is 0.905. The van der Waals surface area contributed by atoms with Crippen molar-refractivity contribution in [2.24, 2.45) is 0 Å². The molecule has 1 aromatic rings. The lowest BCUT2D eigenvalue weighted by Crippen LogP contribution is -2.37. The Morgan fingerprint density at radius 2 is 2.05 bits per heavy atom. The fraction of sp³-hybridized carbons (Fsp3) is 0.600. The van der Waals surface area contributed by atoms with E-state index in [2.05, 4.69) is 16.8 Å². The highest BCUT2D eigenvalue weighted by atomic mass is 16.4. The molecule has 1 fully saturated rings. The molecule has 2 rings (SSSR count). The topological polar surface area (TPSA) is 53.4 Å². The summed E-state index contributed by atoms with van der Waals surface area (Å²) in [6, 6.07) is 3.84. The number of hydrogen-bond donors (Lipinski definition) is 1. The zero-order valence-electron chi connectivity index (χ0n) is 11.7. The van der Waals surface area contributed by atoms with E-state index in [1.807, 2.05) is 6.92 Å². The molecule has 0 atom stereocenters. The molecular formula is C15H22N2O2. The van der Waals surface area contributed by atoms with E-state index in [4.69, 9.17) is 5.11 Å². The van der Waals surface area contributed by atoms with Crippen LogP contribution in [0, 0.1) is 6.92 Å². The summed E-state index contributed by atoms with van der Waals surface area (Å²) in [5.41, 5.74) is 1.10. The van der Waals surface area contributed by atoms with Gasteiger partial charge in [-0.1, -0.05) is 19.3 Å². The molecule has 0 amide bonds. The van der Waals surface area contributed by atoms with Crippen LogP contribution in [0.4, 0.5) is 5.82 Å². The van der Waals surface area contributed by atoms with E-state index in [1.54, 1.807) is 12.1 Å². The Morgan fingerprint density at radius 3 is 2.63 bits per heavy atom. The van der Waals surface area contributed by atoms with Crippen molar-refractivity contribution in [3.05, 3.63) is 23.4 Å². The molecule has 0 radical (unpaired) electrons. The number of nitrogens with zero attached hydrogens (tertiary/aromatic N) is 2. The third kappa shape index (κ3) is 3.25. The maximum absolute atomic E-state index is 11.1. The normalized spacial score (nSPS) is 16.3. The lowest BCUT2D eigenvalue weighted by Gasteiger charge is -2.34. The minimum atomic E-state index is -0.883. The Hall–Kier alpha value is -1.58. The second-order valence-electron chi connectivity index (χ2n) is 5.24. The molecule has 0 spiro atoms.